The monoisotopic (exact) mass is 199 g/mol. The van der Waals surface area contributed by atoms with Gasteiger partial charge in [0.05, 0.1) is 5.92 Å². The number of aliphatic carboxylic acids is 1. The predicted molar refractivity (Wildman–Crippen MR) is 51.7 cm³/mol. The molecule has 0 spiro atoms. The molecule has 4 nitrogen and oxygen atoms in total. The first-order valence-electron chi connectivity index (χ1n) is 5.03. The first-order chi connectivity index (χ1) is 6.50. The highest BCUT2D eigenvalue weighted by Gasteiger charge is 2.33. The summed E-state index contributed by atoms with van der Waals surface area (Å²) in [6, 6.07) is -0.186. The van der Waals surface area contributed by atoms with E-state index in [-0.39, 0.29) is 11.9 Å². The molecule has 0 bridgehead atoms. The van der Waals surface area contributed by atoms with E-state index in [0.717, 1.165) is 6.42 Å². The van der Waals surface area contributed by atoms with Gasteiger partial charge in [0.25, 0.3) is 0 Å². The van der Waals surface area contributed by atoms with E-state index in [4.69, 9.17) is 5.11 Å². The highest BCUT2D eigenvalue weighted by Crippen LogP contribution is 2.22. The van der Waals surface area contributed by atoms with Crippen molar-refractivity contribution in [1.82, 2.24) is 5.32 Å². The molecular weight excluding hydrogens is 182 g/mol. The second-order valence-electron chi connectivity index (χ2n) is 4.29. The molecule has 2 N–H and O–H groups in total. The van der Waals surface area contributed by atoms with Gasteiger partial charge in [-0.1, -0.05) is 13.8 Å². The molecule has 0 aliphatic carbocycles. The number of nitrogens with one attached hydrogen (secondary N) is 1. The molecule has 4 heteroatoms. The van der Waals surface area contributed by atoms with Gasteiger partial charge in [0.2, 0.25) is 5.91 Å². The number of rotatable bonds is 3. The predicted octanol–water partition coefficient (Wildman–Crippen LogP) is 1.01. The van der Waals surface area contributed by atoms with E-state index in [2.05, 4.69) is 5.32 Å². The summed E-state index contributed by atoms with van der Waals surface area (Å²) in [4.78, 5) is 22.0. The minimum atomic E-state index is -0.796. The van der Waals surface area contributed by atoms with Crippen LogP contribution in [0.2, 0.25) is 0 Å². The first-order valence-corrected chi connectivity index (χ1v) is 5.03. The molecule has 2 atom stereocenters. The van der Waals surface area contributed by atoms with Crippen LogP contribution < -0.4 is 5.32 Å². The first kappa shape index (κ1) is 11.0. The van der Waals surface area contributed by atoms with Crippen LogP contribution in [0.15, 0.2) is 0 Å². The van der Waals surface area contributed by atoms with Crippen molar-refractivity contribution in [3.8, 4) is 0 Å². The Morgan fingerprint density at radius 1 is 1.64 bits per heavy atom. The molecule has 14 heavy (non-hydrogen) atoms. The number of carbonyl (C=O) groups excluding carboxylic acids is 1. The fourth-order valence-electron chi connectivity index (χ4n) is 1.89. The van der Waals surface area contributed by atoms with Crippen LogP contribution in [0.1, 0.15) is 33.1 Å². The summed E-state index contributed by atoms with van der Waals surface area (Å²) < 4.78 is 0. The van der Waals surface area contributed by atoms with Gasteiger partial charge in [-0.15, -0.1) is 0 Å². The van der Waals surface area contributed by atoms with Gasteiger partial charge in [-0.25, -0.2) is 0 Å². The summed E-state index contributed by atoms with van der Waals surface area (Å²) >= 11 is 0. The number of hydrogen-bond donors (Lipinski definition) is 2. The quantitative estimate of drug-likeness (QED) is 0.713. The number of amides is 1. The zero-order valence-electron chi connectivity index (χ0n) is 8.62. The van der Waals surface area contributed by atoms with Gasteiger partial charge < -0.3 is 10.4 Å². The van der Waals surface area contributed by atoms with Gasteiger partial charge in [0.1, 0.15) is 0 Å². The molecule has 0 radical (unpaired) electrons. The van der Waals surface area contributed by atoms with Gasteiger partial charge in [-0.2, -0.15) is 0 Å². The maximum Gasteiger partial charge on any atom is 0.308 e. The third-order valence-corrected chi connectivity index (χ3v) is 2.56. The van der Waals surface area contributed by atoms with Crippen LogP contribution in [0, 0.1) is 11.8 Å². The van der Waals surface area contributed by atoms with Crippen LogP contribution >= 0.6 is 0 Å². The van der Waals surface area contributed by atoms with E-state index >= 15 is 0 Å². The summed E-state index contributed by atoms with van der Waals surface area (Å²) in [5.41, 5.74) is 0. The molecule has 0 aromatic heterocycles. The second kappa shape index (κ2) is 4.44. The van der Waals surface area contributed by atoms with Gasteiger partial charge in [-0.05, 0) is 18.8 Å². The lowest BCUT2D eigenvalue weighted by Gasteiger charge is -2.30. The molecule has 0 saturated carbocycles. The topological polar surface area (TPSA) is 66.4 Å². The fraction of sp³-hybridized carbons (Fsp3) is 0.800. The van der Waals surface area contributed by atoms with E-state index in [1.807, 2.05) is 13.8 Å². The molecule has 0 aromatic rings. The minimum absolute atomic E-state index is 0.0202. The van der Waals surface area contributed by atoms with Crippen LogP contribution in [0.4, 0.5) is 0 Å². The molecule has 0 unspecified atom stereocenters. The van der Waals surface area contributed by atoms with Crippen molar-refractivity contribution in [2.45, 2.75) is 39.2 Å². The van der Waals surface area contributed by atoms with E-state index < -0.39 is 11.9 Å². The summed E-state index contributed by atoms with van der Waals surface area (Å²) in [7, 11) is 0. The Hall–Kier alpha value is -1.06. The van der Waals surface area contributed by atoms with Crippen molar-refractivity contribution in [2.75, 3.05) is 0 Å². The van der Waals surface area contributed by atoms with Gasteiger partial charge in [-0.3, -0.25) is 9.59 Å². The average molecular weight is 199 g/mol. The normalized spacial score (nSPS) is 27.5. The third kappa shape index (κ3) is 2.72. The average Bonchev–Trinajstić information content (AvgIpc) is 2.01. The fourth-order valence-corrected chi connectivity index (χ4v) is 1.89. The molecule has 1 aliphatic heterocycles. The highest BCUT2D eigenvalue weighted by atomic mass is 16.4. The summed E-state index contributed by atoms with van der Waals surface area (Å²) in [6.07, 6.45) is 1.55. The molecule has 1 heterocycles. The third-order valence-electron chi connectivity index (χ3n) is 2.56. The number of carboxylic acids is 1. The SMILES string of the molecule is CC(C)C[C@H]1NC(=O)CC[C@@H]1C(=O)O. The molecule has 0 aromatic carbocycles. The zero-order chi connectivity index (χ0) is 10.7. The van der Waals surface area contributed by atoms with Crippen molar-refractivity contribution in [3.05, 3.63) is 0 Å². The van der Waals surface area contributed by atoms with Crippen molar-refractivity contribution in [3.63, 3.8) is 0 Å². The summed E-state index contributed by atoms with van der Waals surface area (Å²) in [5.74, 6) is -0.820. The lowest BCUT2D eigenvalue weighted by atomic mass is 9.85. The smallest absolute Gasteiger partial charge is 0.308 e. The number of carbonyl (C=O) groups is 2. The Bertz CT molecular complexity index is 238. The standard InChI is InChI=1S/C10H17NO3/c1-6(2)5-8-7(10(13)14)3-4-9(12)11-8/h6-8H,3-5H2,1-2H3,(H,11,12)(H,13,14)/t7-,8+/m0/s1. The van der Waals surface area contributed by atoms with Crippen LogP contribution in [-0.2, 0) is 9.59 Å². The second-order valence-corrected chi connectivity index (χ2v) is 4.29. The molecule has 1 aliphatic rings. The van der Waals surface area contributed by atoms with Gasteiger partial charge in [0.15, 0.2) is 0 Å². The van der Waals surface area contributed by atoms with Crippen molar-refractivity contribution >= 4 is 11.9 Å². The lowest BCUT2D eigenvalue weighted by Crippen LogP contribution is -2.48. The van der Waals surface area contributed by atoms with Crippen molar-refractivity contribution < 1.29 is 14.7 Å². The van der Waals surface area contributed by atoms with Crippen LogP contribution in [-0.4, -0.2) is 23.0 Å². The Balaban J connectivity index is 2.63. The number of hydrogen-bond acceptors (Lipinski definition) is 2. The summed E-state index contributed by atoms with van der Waals surface area (Å²) in [5, 5.41) is 11.7. The van der Waals surface area contributed by atoms with E-state index in [9.17, 15) is 9.59 Å². The molecular formula is C10H17NO3. The van der Waals surface area contributed by atoms with Crippen LogP contribution in [0.25, 0.3) is 0 Å². The van der Waals surface area contributed by atoms with E-state index in [0.29, 0.717) is 18.8 Å². The molecule has 1 saturated heterocycles. The minimum Gasteiger partial charge on any atom is -0.481 e. The number of piperidine rings is 1. The van der Waals surface area contributed by atoms with Crippen molar-refractivity contribution in [2.24, 2.45) is 11.8 Å². The van der Waals surface area contributed by atoms with Gasteiger partial charge >= 0.3 is 5.97 Å². The van der Waals surface area contributed by atoms with Crippen LogP contribution in [0.3, 0.4) is 0 Å². The highest BCUT2D eigenvalue weighted by molar-refractivity contribution is 5.81. The maximum absolute atomic E-state index is 11.1. The van der Waals surface area contributed by atoms with Crippen LogP contribution in [0.5, 0.6) is 0 Å². The molecule has 80 valence electrons. The Morgan fingerprint density at radius 2 is 2.29 bits per heavy atom. The van der Waals surface area contributed by atoms with E-state index in [1.165, 1.54) is 0 Å². The molecule has 1 amide bonds. The van der Waals surface area contributed by atoms with Gasteiger partial charge in [0, 0.05) is 12.5 Å². The Labute approximate surface area is 83.7 Å². The lowest BCUT2D eigenvalue weighted by molar-refractivity contribution is -0.145. The van der Waals surface area contributed by atoms with E-state index in [1.54, 1.807) is 0 Å². The Morgan fingerprint density at radius 3 is 2.79 bits per heavy atom. The Kier molecular flexibility index (Phi) is 3.49. The molecule has 1 rings (SSSR count). The number of carboxylic acid groups (broad SMARTS) is 1. The van der Waals surface area contributed by atoms with Crippen molar-refractivity contribution in [1.29, 1.82) is 0 Å². The zero-order valence-corrected chi connectivity index (χ0v) is 8.62. The maximum atomic E-state index is 11.1. The molecule has 1 fully saturated rings. The largest absolute Gasteiger partial charge is 0.481 e. The summed E-state index contributed by atoms with van der Waals surface area (Å²) in [6.45, 7) is 4.05.